The van der Waals surface area contributed by atoms with Crippen LogP contribution in [0.1, 0.15) is 57.5 Å². The van der Waals surface area contributed by atoms with E-state index in [4.69, 9.17) is 9.47 Å². The Morgan fingerprint density at radius 1 is 0.627 bits per heavy atom. The molecule has 1 aliphatic carbocycles. The zero-order valence-corrected chi connectivity index (χ0v) is 28.3. The van der Waals surface area contributed by atoms with E-state index >= 15 is 0 Å². The van der Waals surface area contributed by atoms with Crippen LogP contribution in [0.2, 0.25) is 0 Å². The van der Waals surface area contributed by atoms with Crippen LogP contribution in [-0.4, -0.2) is 34.0 Å². The standard InChI is InChI=1S/C44H40N2O5/c47-43(45-42-14-8-7-13-41(42)44(48)49)33-15-21-37(22-16-33)50-39-23-17-35-28-40(24-18-34(35)27-39)51-38-25-19-36(20-26-38)46(29-31-9-3-1-4-10-31)30-32-11-5-2-6-12-32/h1-18,21-24,27-28,36,38H,19-20,25-26,29-30H2,(H,45,47)(H,48,49). The first-order valence-electron chi connectivity index (χ1n) is 17.4. The number of nitrogens with one attached hydrogen (secondary N) is 1. The van der Waals surface area contributed by atoms with E-state index in [0.717, 1.165) is 55.3 Å². The number of amides is 1. The highest BCUT2D eigenvalue weighted by atomic mass is 16.5. The minimum Gasteiger partial charge on any atom is -0.490 e. The molecule has 6 aromatic rings. The van der Waals surface area contributed by atoms with Gasteiger partial charge < -0.3 is 19.9 Å². The fourth-order valence-corrected chi connectivity index (χ4v) is 6.79. The maximum Gasteiger partial charge on any atom is 0.337 e. The molecule has 51 heavy (non-hydrogen) atoms. The Bertz CT molecular complexity index is 2050. The predicted octanol–water partition coefficient (Wildman–Crippen LogP) is 9.97. The number of hydrogen-bond acceptors (Lipinski definition) is 5. The Hall–Kier alpha value is -5.92. The maximum atomic E-state index is 12.8. The summed E-state index contributed by atoms with van der Waals surface area (Å²) in [5.74, 6) is 0.633. The molecule has 7 heteroatoms. The number of carboxylic acid groups (broad SMARTS) is 1. The minimum absolute atomic E-state index is 0.0317. The third-order valence-corrected chi connectivity index (χ3v) is 9.46. The van der Waals surface area contributed by atoms with E-state index in [-0.39, 0.29) is 17.4 Å². The maximum absolute atomic E-state index is 12.8. The molecular formula is C44H40N2O5. The fraction of sp³-hybridized carbons (Fsp3) is 0.182. The van der Waals surface area contributed by atoms with Crippen LogP contribution in [0.4, 0.5) is 5.69 Å². The summed E-state index contributed by atoms with van der Waals surface area (Å²) in [6.07, 6.45) is 4.43. The van der Waals surface area contributed by atoms with Crippen molar-refractivity contribution < 1.29 is 24.2 Å². The third kappa shape index (κ3) is 8.63. The Kier molecular flexibility index (Phi) is 10.4. The van der Waals surface area contributed by atoms with Gasteiger partial charge in [-0.1, -0.05) is 84.9 Å². The molecule has 1 saturated carbocycles. The van der Waals surface area contributed by atoms with E-state index in [9.17, 15) is 14.7 Å². The molecule has 256 valence electrons. The summed E-state index contributed by atoms with van der Waals surface area (Å²) in [6, 6.07) is 47.2. The monoisotopic (exact) mass is 676 g/mol. The molecule has 0 heterocycles. The van der Waals surface area contributed by atoms with Crippen molar-refractivity contribution in [2.24, 2.45) is 0 Å². The lowest BCUT2D eigenvalue weighted by Crippen LogP contribution is -2.39. The van der Waals surface area contributed by atoms with Crippen molar-refractivity contribution in [3.8, 4) is 17.2 Å². The molecule has 0 spiro atoms. The second-order valence-electron chi connectivity index (χ2n) is 13.0. The Labute approximate surface area is 298 Å². The molecule has 0 aliphatic heterocycles. The molecule has 0 aromatic heterocycles. The van der Waals surface area contributed by atoms with Crippen molar-refractivity contribution in [1.29, 1.82) is 0 Å². The van der Waals surface area contributed by atoms with E-state index in [1.807, 2.05) is 24.3 Å². The summed E-state index contributed by atoms with van der Waals surface area (Å²) in [6.45, 7) is 1.88. The normalized spacial score (nSPS) is 15.7. The summed E-state index contributed by atoms with van der Waals surface area (Å²) in [4.78, 5) is 26.9. The lowest BCUT2D eigenvalue weighted by atomic mass is 9.91. The van der Waals surface area contributed by atoms with E-state index in [2.05, 4.69) is 83.0 Å². The van der Waals surface area contributed by atoms with Crippen molar-refractivity contribution in [3.63, 3.8) is 0 Å². The molecule has 2 N–H and O–H groups in total. The highest BCUT2D eigenvalue weighted by molar-refractivity contribution is 6.07. The second-order valence-corrected chi connectivity index (χ2v) is 13.0. The molecule has 0 saturated heterocycles. The molecule has 7 nitrogen and oxygen atoms in total. The molecule has 6 aromatic carbocycles. The number of para-hydroxylation sites is 1. The molecule has 0 atom stereocenters. The largest absolute Gasteiger partial charge is 0.490 e. The van der Waals surface area contributed by atoms with Gasteiger partial charge in [-0.15, -0.1) is 0 Å². The molecule has 1 fully saturated rings. The van der Waals surface area contributed by atoms with Crippen molar-refractivity contribution in [2.75, 3.05) is 5.32 Å². The van der Waals surface area contributed by atoms with Gasteiger partial charge in [0.1, 0.15) is 17.2 Å². The molecule has 1 amide bonds. The van der Waals surface area contributed by atoms with Crippen LogP contribution in [0.5, 0.6) is 17.2 Å². The Morgan fingerprint density at radius 3 is 1.80 bits per heavy atom. The minimum atomic E-state index is -1.10. The van der Waals surface area contributed by atoms with Gasteiger partial charge in [0.15, 0.2) is 0 Å². The van der Waals surface area contributed by atoms with Gasteiger partial charge in [0, 0.05) is 24.7 Å². The summed E-state index contributed by atoms with van der Waals surface area (Å²) in [5, 5.41) is 14.2. The number of fused-ring (bicyclic) bond motifs is 1. The molecule has 1 aliphatic rings. The van der Waals surface area contributed by atoms with Crippen molar-refractivity contribution in [3.05, 3.63) is 168 Å². The SMILES string of the molecule is O=C(Nc1ccccc1C(=O)O)c1ccc(Oc2ccc3cc(OC4CCC(N(Cc5ccccc5)Cc5ccccc5)CC4)ccc3c2)cc1. The molecule has 0 bridgehead atoms. The highest BCUT2D eigenvalue weighted by Crippen LogP contribution is 2.32. The first kappa shape index (κ1) is 33.6. The zero-order chi connectivity index (χ0) is 35.0. The summed E-state index contributed by atoms with van der Waals surface area (Å²) < 4.78 is 12.6. The second kappa shape index (κ2) is 15.7. The average Bonchev–Trinajstić information content (AvgIpc) is 3.16. The lowest BCUT2D eigenvalue weighted by Gasteiger charge is -2.37. The number of aromatic carboxylic acids is 1. The number of carbonyl (C=O) groups is 2. The number of ether oxygens (including phenoxy) is 2. The van der Waals surface area contributed by atoms with Gasteiger partial charge in [0.2, 0.25) is 0 Å². The van der Waals surface area contributed by atoms with Gasteiger partial charge in [0.25, 0.3) is 5.91 Å². The Balaban J connectivity index is 0.940. The van der Waals surface area contributed by atoms with Gasteiger partial charge >= 0.3 is 5.97 Å². The van der Waals surface area contributed by atoms with Crippen molar-refractivity contribution in [1.82, 2.24) is 4.90 Å². The van der Waals surface area contributed by atoms with Gasteiger partial charge in [-0.3, -0.25) is 9.69 Å². The zero-order valence-electron chi connectivity index (χ0n) is 28.3. The Morgan fingerprint density at radius 2 is 1.18 bits per heavy atom. The number of nitrogens with zero attached hydrogens (tertiary/aromatic N) is 1. The lowest BCUT2D eigenvalue weighted by molar-refractivity contribution is 0.0698. The summed E-state index contributed by atoms with van der Waals surface area (Å²) in [5.41, 5.74) is 3.35. The van der Waals surface area contributed by atoms with Crippen LogP contribution in [0.3, 0.4) is 0 Å². The third-order valence-electron chi connectivity index (χ3n) is 9.46. The molecule has 0 unspecified atom stereocenters. The quantitative estimate of drug-likeness (QED) is 0.134. The molecule has 0 radical (unpaired) electrons. The van der Waals surface area contributed by atoms with Crippen LogP contribution >= 0.6 is 0 Å². The fourth-order valence-electron chi connectivity index (χ4n) is 6.79. The van der Waals surface area contributed by atoms with Crippen LogP contribution in [0.25, 0.3) is 10.8 Å². The van der Waals surface area contributed by atoms with Gasteiger partial charge in [-0.2, -0.15) is 0 Å². The van der Waals surface area contributed by atoms with Crippen LogP contribution in [-0.2, 0) is 13.1 Å². The summed E-state index contributed by atoms with van der Waals surface area (Å²) in [7, 11) is 0. The first-order valence-corrected chi connectivity index (χ1v) is 17.4. The highest BCUT2D eigenvalue weighted by Gasteiger charge is 2.27. The first-order chi connectivity index (χ1) is 25.0. The number of benzene rings is 6. The number of anilines is 1. The van der Waals surface area contributed by atoms with Crippen molar-refractivity contribution >= 4 is 28.3 Å². The van der Waals surface area contributed by atoms with E-state index < -0.39 is 11.9 Å². The predicted molar refractivity (Wildman–Crippen MR) is 201 cm³/mol. The van der Waals surface area contributed by atoms with Crippen LogP contribution < -0.4 is 14.8 Å². The van der Waals surface area contributed by atoms with Gasteiger partial charge in [0.05, 0.1) is 17.4 Å². The number of rotatable bonds is 12. The average molecular weight is 677 g/mol. The number of hydrogen-bond donors (Lipinski definition) is 2. The smallest absolute Gasteiger partial charge is 0.337 e. The van der Waals surface area contributed by atoms with Gasteiger partial charge in [-0.05, 0) is 108 Å². The van der Waals surface area contributed by atoms with Gasteiger partial charge in [-0.25, -0.2) is 4.79 Å². The number of carbonyl (C=O) groups excluding carboxylic acids is 1. The summed E-state index contributed by atoms with van der Waals surface area (Å²) >= 11 is 0. The molecular weight excluding hydrogens is 636 g/mol. The topological polar surface area (TPSA) is 88.1 Å². The van der Waals surface area contributed by atoms with Crippen molar-refractivity contribution in [2.45, 2.75) is 50.9 Å². The molecule has 7 rings (SSSR count). The van der Waals surface area contributed by atoms with Crippen LogP contribution in [0, 0.1) is 0 Å². The van der Waals surface area contributed by atoms with E-state index in [1.54, 1.807) is 42.5 Å². The van der Waals surface area contributed by atoms with Crippen LogP contribution in [0.15, 0.2) is 146 Å². The van der Waals surface area contributed by atoms with E-state index in [0.29, 0.717) is 23.1 Å². The number of carboxylic acids is 1. The van der Waals surface area contributed by atoms with E-state index in [1.165, 1.54) is 17.2 Å².